The maximum absolute atomic E-state index is 5.86. The average Bonchev–Trinajstić information content (AvgIpc) is 2.17. The second kappa shape index (κ2) is 4.67. The van der Waals surface area contributed by atoms with Crippen molar-refractivity contribution in [3.05, 3.63) is 33.8 Å². The van der Waals surface area contributed by atoms with Crippen molar-refractivity contribution in [1.29, 1.82) is 0 Å². The van der Waals surface area contributed by atoms with Crippen molar-refractivity contribution in [1.82, 2.24) is 0 Å². The van der Waals surface area contributed by atoms with Gasteiger partial charge in [-0.1, -0.05) is 22.0 Å². The zero-order chi connectivity index (χ0) is 10.8. The third-order valence-corrected chi connectivity index (χ3v) is 3.70. The lowest BCUT2D eigenvalue weighted by atomic mass is 9.81. The van der Waals surface area contributed by atoms with E-state index in [1.54, 1.807) is 0 Å². The van der Waals surface area contributed by atoms with Crippen molar-refractivity contribution in [3.8, 4) is 0 Å². The minimum Gasteiger partial charge on any atom is -0.328 e. The highest BCUT2D eigenvalue weighted by Crippen LogP contribution is 2.29. The van der Waals surface area contributed by atoms with Gasteiger partial charge in [-0.25, -0.2) is 0 Å². The van der Waals surface area contributed by atoms with E-state index in [0.717, 1.165) is 12.3 Å². The first-order chi connectivity index (χ1) is 7.15. The quantitative estimate of drug-likeness (QED) is 0.875. The van der Waals surface area contributed by atoms with Crippen LogP contribution in [0.2, 0.25) is 0 Å². The van der Waals surface area contributed by atoms with E-state index in [1.807, 2.05) is 0 Å². The van der Waals surface area contributed by atoms with Gasteiger partial charge >= 0.3 is 0 Å². The molecular formula is C13H18BrN. The number of benzene rings is 1. The molecule has 1 aliphatic rings. The number of hydrogen-bond donors (Lipinski definition) is 1. The summed E-state index contributed by atoms with van der Waals surface area (Å²) in [7, 11) is 0. The minimum atomic E-state index is 0.340. The molecule has 2 heteroatoms. The normalized spacial score (nSPS) is 22.2. The maximum Gasteiger partial charge on any atom is 0.0178 e. The summed E-state index contributed by atoms with van der Waals surface area (Å²) in [6.45, 7) is 2.11. The molecule has 0 saturated heterocycles. The van der Waals surface area contributed by atoms with Crippen LogP contribution in [0.5, 0.6) is 0 Å². The molecule has 1 aromatic carbocycles. The predicted octanol–water partition coefficient (Wildman–Crippen LogP) is 3.29. The number of hydrogen-bond acceptors (Lipinski definition) is 1. The van der Waals surface area contributed by atoms with E-state index in [1.165, 1.54) is 34.9 Å². The first-order valence-electron chi connectivity index (χ1n) is 5.68. The standard InChI is InChI=1S/C13H18BrN/c1-9(15)6-10-2-3-12-8-13(14)5-4-11(12)7-10/h4-5,8-10H,2-3,6-7,15H2,1H3. The third kappa shape index (κ3) is 2.82. The Morgan fingerprint density at radius 1 is 1.47 bits per heavy atom. The lowest BCUT2D eigenvalue weighted by molar-refractivity contribution is 0.398. The van der Waals surface area contributed by atoms with Crippen LogP contribution in [-0.2, 0) is 12.8 Å². The van der Waals surface area contributed by atoms with Gasteiger partial charge in [-0.05, 0) is 61.8 Å². The SMILES string of the molecule is CC(N)CC1CCc2cc(Br)ccc2C1. The van der Waals surface area contributed by atoms with Gasteiger partial charge < -0.3 is 5.73 Å². The van der Waals surface area contributed by atoms with Crippen molar-refractivity contribution >= 4 is 15.9 Å². The summed E-state index contributed by atoms with van der Waals surface area (Å²) in [5.74, 6) is 0.790. The predicted molar refractivity (Wildman–Crippen MR) is 67.9 cm³/mol. The number of aryl methyl sites for hydroxylation is 1. The molecule has 0 radical (unpaired) electrons. The maximum atomic E-state index is 5.86. The minimum absolute atomic E-state index is 0.340. The molecule has 0 aliphatic heterocycles. The molecule has 2 unspecified atom stereocenters. The fourth-order valence-corrected chi connectivity index (χ4v) is 2.93. The molecule has 82 valence electrons. The summed E-state index contributed by atoms with van der Waals surface area (Å²) in [5.41, 5.74) is 8.90. The van der Waals surface area contributed by atoms with Crippen LogP contribution in [0.25, 0.3) is 0 Å². The van der Waals surface area contributed by atoms with Crippen molar-refractivity contribution in [2.75, 3.05) is 0 Å². The van der Waals surface area contributed by atoms with Crippen LogP contribution in [0.1, 0.15) is 30.9 Å². The zero-order valence-corrected chi connectivity index (χ0v) is 10.8. The van der Waals surface area contributed by atoms with Gasteiger partial charge in [0.25, 0.3) is 0 Å². The first-order valence-corrected chi connectivity index (χ1v) is 6.47. The fraction of sp³-hybridized carbons (Fsp3) is 0.538. The molecule has 1 aliphatic carbocycles. The van der Waals surface area contributed by atoms with E-state index < -0.39 is 0 Å². The number of rotatable bonds is 2. The highest BCUT2D eigenvalue weighted by molar-refractivity contribution is 9.10. The molecule has 0 heterocycles. The average molecular weight is 268 g/mol. The van der Waals surface area contributed by atoms with Crippen LogP contribution < -0.4 is 5.73 Å². The molecule has 2 atom stereocenters. The molecule has 2 N–H and O–H groups in total. The highest BCUT2D eigenvalue weighted by atomic mass is 79.9. The van der Waals surface area contributed by atoms with Gasteiger partial charge in [0.1, 0.15) is 0 Å². The largest absolute Gasteiger partial charge is 0.328 e. The Morgan fingerprint density at radius 2 is 2.27 bits per heavy atom. The Labute approximate surface area is 100 Å². The topological polar surface area (TPSA) is 26.0 Å². The molecule has 0 fully saturated rings. The fourth-order valence-electron chi connectivity index (χ4n) is 2.53. The Hall–Kier alpha value is -0.340. The summed E-state index contributed by atoms with van der Waals surface area (Å²) in [5, 5.41) is 0. The van der Waals surface area contributed by atoms with E-state index in [9.17, 15) is 0 Å². The molecule has 0 aromatic heterocycles. The van der Waals surface area contributed by atoms with Gasteiger partial charge in [-0.3, -0.25) is 0 Å². The molecule has 0 bridgehead atoms. The van der Waals surface area contributed by atoms with Crippen LogP contribution in [0, 0.1) is 5.92 Å². The van der Waals surface area contributed by atoms with Gasteiger partial charge in [0.05, 0.1) is 0 Å². The molecular weight excluding hydrogens is 250 g/mol. The van der Waals surface area contributed by atoms with E-state index in [2.05, 4.69) is 41.1 Å². The van der Waals surface area contributed by atoms with Crippen LogP contribution in [-0.4, -0.2) is 6.04 Å². The Bertz CT molecular complexity index is 346. The Balaban J connectivity index is 2.10. The molecule has 1 nitrogen and oxygen atoms in total. The molecule has 0 amide bonds. The third-order valence-electron chi connectivity index (χ3n) is 3.20. The lowest BCUT2D eigenvalue weighted by Crippen LogP contribution is -2.23. The summed E-state index contributed by atoms with van der Waals surface area (Å²) in [4.78, 5) is 0. The van der Waals surface area contributed by atoms with Gasteiger partial charge in [0.2, 0.25) is 0 Å². The summed E-state index contributed by atoms with van der Waals surface area (Å²) in [6, 6.07) is 7.00. The van der Waals surface area contributed by atoms with Crippen LogP contribution >= 0.6 is 15.9 Å². The van der Waals surface area contributed by atoms with Crippen molar-refractivity contribution in [2.45, 2.75) is 38.6 Å². The molecule has 15 heavy (non-hydrogen) atoms. The monoisotopic (exact) mass is 267 g/mol. The van der Waals surface area contributed by atoms with Gasteiger partial charge in [-0.2, -0.15) is 0 Å². The van der Waals surface area contributed by atoms with E-state index in [4.69, 9.17) is 5.73 Å². The Kier molecular flexibility index (Phi) is 3.47. The van der Waals surface area contributed by atoms with Gasteiger partial charge in [0.15, 0.2) is 0 Å². The van der Waals surface area contributed by atoms with E-state index in [0.29, 0.717) is 6.04 Å². The smallest absolute Gasteiger partial charge is 0.0178 e. The van der Waals surface area contributed by atoms with E-state index >= 15 is 0 Å². The lowest BCUT2D eigenvalue weighted by Gasteiger charge is -2.25. The Morgan fingerprint density at radius 3 is 3.00 bits per heavy atom. The molecule has 2 rings (SSSR count). The molecule has 0 spiro atoms. The second-order valence-corrected chi connectivity index (χ2v) is 5.65. The number of fused-ring (bicyclic) bond motifs is 1. The number of nitrogens with two attached hydrogens (primary N) is 1. The molecule has 1 aromatic rings. The summed E-state index contributed by atoms with van der Waals surface area (Å²) >= 11 is 3.53. The summed E-state index contributed by atoms with van der Waals surface area (Å²) in [6.07, 6.45) is 4.89. The van der Waals surface area contributed by atoms with Crippen LogP contribution in [0.4, 0.5) is 0 Å². The second-order valence-electron chi connectivity index (χ2n) is 4.73. The highest BCUT2D eigenvalue weighted by Gasteiger charge is 2.19. The zero-order valence-electron chi connectivity index (χ0n) is 9.17. The van der Waals surface area contributed by atoms with Crippen LogP contribution in [0.15, 0.2) is 22.7 Å². The van der Waals surface area contributed by atoms with Gasteiger partial charge in [0, 0.05) is 10.5 Å². The van der Waals surface area contributed by atoms with Crippen molar-refractivity contribution < 1.29 is 0 Å². The first kappa shape index (κ1) is 11.2. The van der Waals surface area contributed by atoms with Crippen LogP contribution in [0.3, 0.4) is 0 Å². The number of halogens is 1. The van der Waals surface area contributed by atoms with Crippen molar-refractivity contribution in [3.63, 3.8) is 0 Å². The van der Waals surface area contributed by atoms with E-state index in [-0.39, 0.29) is 0 Å². The van der Waals surface area contributed by atoms with Gasteiger partial charge in [-0.15, -0.1) is 0 Å². The van der Waals surface area contributed by atoms with Crippen molar-refractivity contribution in [2.24, 2.45) is 11.7 Å². The molecule has 0 saturated carbocycles. The summed E-state index contributed by atoms with van der Waals surface area (Å²) < 4.78 is 1.20.